The fourth-order valence-corrected chi connectivity index (χ4v) is 2.74. The van der Waals surface area contributed by atoms with Crippen molar-refractivity contribution in [3.8, 4) is 0 Å². The Kier molecular flexibility index (Phi) is 3.38. The maximum absolute atomic E-state index is 6.20. The van der Waals surface area contributed by atoms with Crippen LogP contribution >= 0.6 is 11.6 Å². The molecule has 19 heavy (non-hydrogen) atoms. The lowest BCUT2D eigenvalue weighted by Crippen LogP contribution is -2.34. The van der Waals surface area contributed by atoms with E-state index < -0.39 is 0 Å². The van der Waals surface area contributed by atoms with E-state index in [0.29, 0.717) is 10.8 Å². The van der Waals surface area contributed by atoms with Crippen LogP contribution in [0.3, 0.4) is 0 Å². The van der Waals surface area contributed by atoms with E-state index in [1.165, 1.54) is 0 Å². The van der Waals surface area contributed by atoms with E-state index in [9.17, 15) is 0 Å². The van der Waals surface area contributed by atoms with Crippen LogP contribution in [0.5, 0.6) is 0 Å². The van der Waals surface area contributed by atoms with Crippen molar-refractivity contribution in [2.75, 3.05) is 18.0 Å². The van der Waals surface area contributed by atoms with Crippen LogP contribution in [0, 0.1) is 6.92 Å². The molecule has 3 rings (SSSR count). The van der Waals surface area contributed by atoms with E-state index in [2.05, 4.69) is 20.0 Å². The first-order valence-electron chi connectivity index (χ1n) is 6.38. The summed E-state index contributed by atoms with van der Waals surface area (Å²) in [6.45, 7) is 3.69. The van der Waals surface area contributed by atoms with Crippen molar-refractivity contribution >= 4 is 17.3 Å². The van der Waals surface area contributed by atoms with Gasteiger partial charge >= 0.3 is 0 Å². The highest BCUT2D eigenvalue weighted by Gasteiger charge is 2.26. The van der Waals surface area contributed by atoms with Gasteiger partial charge in [0.25, 0.3) is 0 Å². The average molecular weight is 279 g/mol. The van der Waals surface area contributed by atoms with Crippen LogP contribution in [0.2, 0.25) is 5.02 Å². The van der Waals surface area contributed by atoms with E-state index in [-0.39, 0.29) is 5.92 Å². The molecule has 0 spiro atoms. The molecule has 1 atom stereocenters. The normalized spacial score (nSPS) is 19.7. The standard InChI is InChI=1S/C13H15ClN4O/c1-9-16-13(19-17-9)10-3-2-6-18(8-10)12-4-5-15-7-11(12)14/h4-5,7,10H,2-3,6,8H2,1H3. The third-order valence-electron chi connectivity index (χ3n) is 3.41. The molecule has 2 aromatic heterocycles. The SMILES string of the molecule is Cc1noc(C2CCCN(c3ccncc3Cl)C2)n1. The zero-order chi connectivity index (χ0) is 13.2. The summed E-state index contributed by atoms with van der Waals surface area (Å²) in [5.41, 5.74) is 1.03. The van der Waals surface area contributed by atoms with Gasteiger partial charge in [0.2, 0.25) is 5.89 Å². The number of aryl methyl sites for hydroxylation is 1. The molecule has 0 amide bonds. The number of aromatic nitrogens is 3. The Balaban J connectivity index is 1.80. The molecule has 1 fully saturated rings. The number of rotatable bonds is 2. The number of piperidine rings is 1. The Labute approximate surface area is 116 Å². The highest BCUT2D eigenvalue weighted by Crippen LogP contribution is 2.32. The van der Waals surface area contributed by atoms with Crippen LogP contribution in [-0.2, 0) is 0 Å². The number of pyridine rings is 1. The molecule has 1 aliphatic heterocycles. The van der Waals surface area contributed by atoms with Crippen LogP contribution in [0.1, 0.15) is 30.5 Å². The van der Waals surface area contributed by atoms with Crippen molar-refractivity contribution in [3.63, 3.8) is 0 Å². The number of anilines is 1. The van der Waals surface area contributed by atoms with E-state index in [1.54, 1.807) is 12.4 Å². The van der Waals surface area contributed by atoms with Crippen molar-refractivity contribution in [2.45, 2.75) is 25.7 Å². The first kappa shape index (κ1) is 12.4. The molecule has 0 radical (unpaired) electrons. The summed E-state index contributed by atoms with van der Waals surface area (Å²) in [6, 6.07) is 1.95. The highest BCUT2D eigenvalue weighted by atomic mass is 35.5. The summed E-state index contributed by atoms with van der Waals surface area (Å²) >= 11 is 6.20. The minimum atomic E-state index is 0.277. The quantitative estimate of drug-likeness (QED) is 0.845. The van der Waals surface area contributed by atoms with Crippen LogP contribution in [0.25, 0.3) is 0 Å². The largest absolute Gasteiger partial charge is 0.369 e. The average Bonchev–Trinajstić information content (AvgIpc) is 2.86. The van der Waals surface area contributed by atoms with Gasteiger partial charge in [-0.2, -0.15) is 4.98 Å². The first-order chi connectivity index (χ1) is 9.24. The lowest BCUT2D eigenvalue weighted by atomic mass is 9.97. The van der Waals surface area contributed by atoms with Gasteiger partial charge < -0.3 is 9.42 Å². The Morgan fingerprint density at radius 3 is 3.11 bits per heavy atom. The van der Waals surface area contributed by atoms with Gasteiger partial charge in [-0.25, -0.2) is 0 Å². The minimum absolute atomic E-state index is 0.277. The molecule has 1 saturated heterocycles. The fraction of sp³-hybridized carbons (Fsp3) is 0.462. The first-order valence-corrected chi connectivity index (χ1v) is 6.76. The topological polar surface area (TPSA) is 55.1 Å². The third-order valence-corrected chi connectivity index (χ3v) is 3.70. The monoisotopic (exact) mass is 278 g/mol. The van der Waals surface area contributed by atoms with Crippen LogP contribution in [0.15, 0.2) is 23.0 Å². The predicted molar refractivity (Wildman–Crippen MR) is 72.5 cm³/mol. The summed E-state index contributed by atoms with van der Waals surface area (Å²) < 4.78 is 5.29. The Morgan fingerprint density at radius 2 is 2.37 bits per heavy atom. The van der Waals surface area contributed by atoms with Gasteiger partial charge in [0.1, 0.15) is 0 Å². The smallest absolute Gasteiger partial charge is 0.231 e. The van der Waals surface area contributed by atoms with Crippen molar-refractivity contribution in [2.24, 2.45) is 0 Å². The summed E-state index contributed by atoms with van der Waals surface area (Å²) in [7, 11) is 0. The summed E-state index contributed by atoms with van der Waals surface area (Å²) in [6.07, 6.45) is 5.60. The molecule has 0 N–H and O–H groups in total. The van der Waals surface area contributed by atoms with Crippen molar-refractivity contribution in [1.82, 2.24) is 15.1 Å². The molecule has 0 aliphatic carbocycles. The van der Waals surface area contributed by atoms with Gasteiger partial charge in [-0.15, -0.1) is 0 Å². The van der Waals surface area contributed by atoms with Gasteiger partial charge in [-0.3, -0.25) is 4.98 Å². The maximum Gasteiger partial charge on any atom is 0.231 e. The molecule has 100 valence electrons. The predicted octanol–water partition coefficient (Wildman–Crippen LogP) is 2.81. The Bertz CT molecular complexity index is 571. The molecular weight excluding hydrogens is 264 g/mol. The van der Waals surface area contributed by atoms with Gasteiger partial charge in [-0.05, 0) is 25.8 Å². The third kappa shape index (κ3) is 2.56. The number of halogens is 1. The fourth-order valence-electron chi connectivity index (χ4n) is 2.50. The summed E-state index contributed by atoms with van der Waals surface area (Å²) in [4.78, 5) is 10.6. The van der Waals surface area contributed by atoms with Crippen molar-refractivity contribution < 1.29 is 4.52 Å². The van der Waals surface area contributed by atoms with Crippen LogP contribution in [-0.4, -0.2) is 28.2 Å². The minimum Gasteiger partial charge on any atom is -0.369 e. The molecule has 1 aliphatic rings. The van der Waals surface area contributed by atoms with Gasteiger partial charge in [0, 0.05) is 25.5 Å². The molecule has 0 aromatic carbocycles. The molecule has 2 aromatic rings. The molecule has 3 heterocycles. The van der Waals surface area contributed by atoms with Crippen LogP contribution in [0.4, 0.5) is 5.69 Å². The van der Waals surface area contributed by atoms with E-state index in [0.717, 1.165) is 37.5 Å². The Hall–Kier alpha value is -1.62. The number of hydrogen-bond acceptors (Lipinski definition) is 5. The molecule has 0 saturated carbocycles. The second-order valence-corrected chi connectivity index (χ2v) is 5.20. The zero-order valence-electron chi connectivity index (χ0n) is 10.7. The van der Waals surface area contributed by atoms with Crippen LogP contribution < -0.4 is 4.90 Å². The second-order valence-electron chi connectivity index (χ2n) is 4.79. The molecular formula is C13H15ClN4O. The zero-order valence-corrected chi connectivity index (χ0v) is 11.5. The van der Waals surface area contributed by atoms with E-state index in [1.807, 2.05) is 13.0 Å². The van der Waals surface area contributed by atoms with Gasteiger partial charge in [0.05, 0.1) is 16.6 Å². The molecule has 1 unspecified atom stereocenters. The molecule has 5 nitrogen and oxygen atoms in total. The second kappa shape index (κ2) is 5.17. The highest BCUT2D eigenvalue weighted by molar-refractivity contribution is 6.33. The Morgan fingerprint density at radius 1 is 1.47 bits per heavy atom. The lowest BCUT2D eigenvalue weighted by Gasteiger charge is -2.33. The molecule has 0 bridgehead atoms. The summed E-state index contributed by atoms with van der Waals surface area (Å²) in [5.74, 6) is 1.70. The van der Waals surface area contributed by atoms with E-state index >= 15 is 0 Å². The number of nitrogens with zero attached hydrogens (tertiary/aromatic N) is 4. The number of hydrogen-bond donors (Lipinski definition) is 0. The summed E-state index contributed by atoms with van der Waals surface area (Å²) in [5, 5.41) is 4.55. The van der Waals surface area contributed by atoms with Crippen molar-refractivity contribution in [1.29, 1.82) is 0 Å². The van der Waals surface area contributed by atoms with Gasteiger partial charge in [-0.1, -0.05) is 16.8 Å². The van der Waals surface area contributed by atoms with Crippen molar-refractivity contribution in [3.05, 3.63) is 35.2 Å². The maximum atomic E-state index is 6.20. The van der Waals surface area contributed by atoms with Gasteiger partial charge in [0.15, 0.2) is 5.82 Å². The van der Waals surface area contributed by atoms with E-state index in [4.69, 9.17) is 16.1 Å². The lowest BCUT2D eigenvalue weighted by molar-refractivity contribution is 0.331. The molecule has 6 heteroatoms.